The van der Waals surface area contributed by atoms with Crippen LogP contribution in [0.1, 0.15) is 65.0 Å². The van der Waals surface area contributed by atoms with Crippen LogP contribution in [0.25, 0.3) is 11.0 Å². The fraction of sp³-hybridized carbons (Fsp3) is 0.382. The maximum atomic E-state index is 15.0. The van der Waals surface area contributed by atoms with Crippen molar-refractivity contribution in [1.82, 2.24) is 14.5 Å². The molecule has 2 saturated heterocycles. The number of fused-ring (bicyclic) bond motifs is 3. The van der Waals surface area contributed by atoms with Crippen LogP contribution < -0.4 is 9.47 Å². The zero-order valence-corrected chi connectivity index (χ0v) is 24.2. The Morgan fingerprint density at radius 1 is 1.18 bits per heavy atom. The summed E-state index contributed by atoms with van der Waals surface area (Å²) in [6.07, 6.45) is 3.09. The number of para-hydroxylation sites is 1. The van der Waals surface area contributed by atoms with Crippen LogP contribution in [0, 0.1) is 23.1 Å². The summed E-state index contributed by atoms with van der Waals surface area (Å²) in [7, 11) is 0. The fourth-order valence-electron chi connectivity index (χ4n) is 7.27. The van der Waals surface area contributed by atoms with Gasteiger partial charge in [0.2, 0.25) is 0 Å². The Morgan fingerprint density at radius 2 is 2.05 bits per heavy atom. The van der Waals surface area contributed by atoms with Gasteiger partial charge in [0.15, 0.2) is 11.5 Å². The molecule has 4 heterocycles. The van der Waals surface area contributed by atoms with Crippen LogP contribution in [0.4, 0.5) is 4.39 Å². The van der Waals surface area contributed by atoms with E-state index >= 15 is 0 Å². The van der Waals surface area contributed by atoms with E-state index < -0.39 is 17.6 Å². The molecule has 0 amide bonds. The van der Waals surface area contributed by atoms with Crippen molar-refractivity contribution >= 4 is 17.0 Å². The van der Waals surface area contributed by atoms with Gasteiger partial charge in [0, 0.05) is 25.1 Å². The summed E-state index contributed by atoms with van der Waals surface area (Å²) in [6, 6.07) is 17.7. The highest BCUT2D eigenvalue weighted by Crippen LogP contribution is 2.57. The quantitative estimate of drug-likeness (QED) is 0.296. The van der Waals surface area contributed by atoms with Crippen LogP contribution in [0.3, 0.4) is 0 Å². The molecule has 0 spiro atoms. The number of halogens is 1. The molecule has 4 aromatic rings. The van der Waals surface area contributed by atoms with Crippen molar-refractivity contribution in [2.24, 2.45) is 5.92 Å². The van der Waals surface area contributed by atoms with Gasteiger partial charge in [-0.3, -0.25) is 4.90 Å². The lowest BCUT2D eigenvalue weighted by molar-refractivity contribution is -0.0712. The van der Waals surface area contributed by atoms with E-state index in [9.17, 15) is 14.3 Å². The zero-order valence-electron chi connectivity index (χ0n) is 24.2. The number of ether oxygens (including phenoxy) is 3. The van der Waals surface area contributed by atoms with Gasteiger partial charge in [-0.25, -0.2) is 14.2 Å². The maximum absolute atomic E-state index is 15.0. The Bertz CT molecular complexity index is 1860. The molecule has 3 fully saturated rings. The number of hydrogen-bond donors (Lipinski definition) is 1. The Balaban J connectivity index is 1.03. The summed E-state index contributed by atoms with van der Waals surface area (Å²) in [5, 5.41) is 18.7. The maximum Gasteiger partial charge on any atom is 0.335 e. The minimum Gasteiger partial charge on any atom is -0.478 e. The number of likely N-dealkylation sites (tertiary alicyclic amines) is 1. The normalized spacial score (nSPS) is 27.0. The smallest absolute Gasteiger partial charge is 0.335 e. The van der Waals surface area contributed by atoms with E-state index in [0.29, 0.717) is 36.5 Å². The molecule has 10 heteroatoms. The lowest BCUT2D eigenvalue weighted by Gasteiger charge is -2.33. The lowest BCUT2D eigenvalue weighted by Crippen LogP contribution is -2.36. The molecular weight excluding hydrogens is 563 g/mol. The van der Waals surface area contributed by atoms with E-state index in [-0.39, 0.29) is 28.7 Å². The predicted molar refractivity (Wildman–Crippen MR) is 157 cm³/mol. The summed E-state index contributed by atoms with van der Waals surface area (Å²) in [6.45, 7) is 4.68. The highest BCUT2D eigenvalue weighted by atomic mass is 19.1. The van der Waals surface area contributed by atoms with Gasteiger partial charge in [-0.2, -0.15) is 5.26 Å². The first-order valence-electron chi connectivity index (χ1n) is 15.1. The summed E-state index contributed by atoms with van der Waals surface area (Å²) in [5.41, 5.74) is 3.46. The number of carbonyl (C=O) groups is 1. The van der Waals surface area contributed by atoms with Crippen LogP contribution in [-0.4, -0.2) is 50.8 Å². The third-order valence-corrected chi connectivity index (χ3v) is 9.71. The highest BCUT2D eigenvalue weighted by molar-refractivity contribution is 5.92. The SMILES string of the molecule is C[C@]1(c2ccc(C#N)cc2F)Oc2cccc([C@@H]3CCN(Cc4nc5ccc(C(=O)O)cc5n4C[C@@H]4CCO4)[C@H]4C[C@@H]34)c2O1. The first-order chi connectivity index (χ1) is 21.3. The van der Waals surface area contributed by atoms with Crippen molar-refractivity contribution in [2.45, 2.75) is 63.1 Å². The Hall–Kier alpha value is -4.46. The third kappa shape index (κ3) is 4.42. The first kappa shape index (κ1) is 27.1. The number of nitriles is 1. The zero-order chi connectivity index (χ0) is 30.2. The Morgan fingerprint density at radius 3 is 2.80 bits per heavy atom. The van der Waals surface area contributed by atoms with Crippen molar-refractivity contribution in [3.8, 4) is 17.6 Å². The molecule has 0 radical (unpaired) electrons. The van der Waals surface area contributed by atoms with Gasteiger partial charge in [0.25, 0.3) is 5.79 Å². The summed E-state index contributed by atoms with van der Waals surface area (Å²) >= 11 is 0. The molecule has 1 aromatic heterocycles. The molecule has 1 N–H and O–H groups in total. The molecular formula is C34H31FN4O5. The Kier molecular flexibility index (Phi) is 6.19. The molecule has 9 nitrogen and oxygen atoms in total. The van der Waals surface area contributed by atoms with Gasteiger partial charge in [-0.05, 0) is 80.1 Å². The van der Waals surface area contributed by atoms with Gasteiger partial charge in [-0.15, -0.1) is 0 Å². The molecule has 5 atom stereocenters. The molecule has 8 rings (SSSR count). The van der Waals surface area contributed by atoms with Crippen molar-refractivity contribution in [2.75, 3.05) is 13.2 Å². The van der Waals surface area contributed by atoms with Gasteiger partial charge < -0.3 is 23.9 Å². The average Bonchev–Trinajstić information content (AvgIpc) is 3.61. The third-order valence-electron chi connectivity index (χ3n) is 9.71. The van der Waals surface area contributed by atoms with E-state index in [0.717, 1.165) is 54.8 Å². The van der Waals surface area contributed by atoms with Crippen LogP contribution in [0.15, 0.2) is 54.6 Å². The molecule has 44 heavy (non-hydrogen) atoms. The number of carboxylic acids is 1. The highest BCUT2D eigenvalue weighted by Gasteiger charge is 2.52. The van der Waals surface area contributed by atoms with Crippen molar-refractivity contribution in [3.63, 3.8) is 0 Å². The van der Waals surface area contributed by atoms with E-state index in [4.69, 9.17) is 24.5 Å². The molecule has 1 saturated carbocycles. The number of benzene rings is 3. The van der Waals surface area contributed by atoms with E-state index in [1.807, 2.05) is 18.2 Å². The van der Waals surface area contributed by atoms with E-state index in [1.165, 1.54) is 6.07 Å². The number of nitrogens with zero attached hydrogens (tertiary/aromatic N) is 4. The van der Waals surface area contributed by atoms with Crippen molar-refractivity contribution in [3.05, 3.63) is 88.5 Å². The standard InChI is InChI=1S/C34H31FN4O5/c1-34(25-7-5-19(16-36)13-26(25)35)43-30-4-2-3-23(32(30)44-34)22-9-11-38(28-15-24(22)28)18-31-37-27-8-6-20(33(40)41)14-29(27)39(31)17-21-10-12-42-21/h2-8,13-14,21-22,24,28H,9-12,15,17-18H2,1H3,(H,40,41)/t21-,22-,24-,28-,34-/m0/s1. The summed E-state index contributed by atoms with van der Waals surface area (Å²) < 4.78 is 35.5. The molecule has 3 aliphatic heterocycles. The first-order valence-corrected chi connectivity index (χ1v) is 15.1. The summed E-state index contributed by atoms with van der Waals surface area (Å²) in [5.74, 6) is 0.106. The topological polar surface area (TPSA) is 110 Å². The largest absolute Gasteiger partial charge is 0.478 e. The lowest BCUT2D eigenvalue weighted by atomic mass is 9.87. The molecule has 0 unspecified atom stereocenters. The van der Waals surface area contributed by atoms with Gasteiger partial charge >= 0.3 is 5.97 Å². The van der Waals surface area contributed by atoms with E-state index in [2.05, 4.69) is 15.5 Å². The van der Waals surface area contributed by atoms with Crippen LogP contribution in [0.2, 0.25) is 0 Å². The molecule has 4 aliphatic rings. The molecule has 1 aliphatic carbocycles. The van der Waals surface area contributed by atoms with Gasteiger partial charge in [-0.1, -0.05) is 12.1 Å². The number of imidazole rings is 1. The van der Waals surface area contributed by atoms with Crippen molar-refractivity contribution in [1.29, 1.82) is 5.26 Å². The van der Waals surface area contributed by atoms with E-state index in [1.54, 1.807) is 37.3 Å². The number of hydrogen-bond acceptors (Lipinski definition) is 7. The number of piperidine rings is 1. The second kappa shape index (κ2) is 10.0. The van der Waals surface area contributed by atoms with Gasteiger partial charge in [0.1, 0.15) is 11.6 Å². The van der Waals surface area contributed by atoms with Crippen LogP contribution in [-0.2, 0) is 23.6 Å². The average molecular weight is 595 g/mol. The fourth-order valence-corrected chi connectivity index (χ4v) is 7.27. The minimum atomic E-state index is -1.33. The predicted octanol–water partition coefficient (Wildman–Crippen LogP) is 5.56. The molecule has 0 bridgehead atoms. The second-order valence-corrected chi connectivity index (χ2v) is 12.4. The second-order valence-electron chi connectivity index (χ2n) is 12.4. The molecule has 224 valence electrons. The number of rotatable bonds is 7. The Labute approximate surface area is 253 Å². The van der Waals surface area contributed by atoms with Crippen molar-refractivity contribution < 1.29 is 28.5 Å². The number of carboxylic acid groups (broad SMARTS) is 1. The number of aromatic nitrogens is 2. The molecule has 3 aromatic carbocycles. The van der Waals surface area contributed by atoms with Crippen LogP contribution >= 0.6 is 0 Å². The number of aromatic carboxylic acids is 1. The monoisotopic (exact) mass is 594 g/mol. The minimum absolute atomic E-state index is 0.116. The van der Waals surface area contributed by atoms with Crippen LogP contribution in [0.5, 0.6) is 11.5 Å². The summed E-state index contributed by atoms with van der Waals surface area (Å²) in [4.78, 5) is 19.1. The van der Waals surface area contributed by atoms with Gasteiger partial charge in [0.05, 0.1) is 53.0 Å².